The van der Waals surface area contributed by atoms with E-state index in [0.717, 1.165) is 5.56 Å². The number of aliphatic hydroxyl groups is 1. The number of nitrogens with zero attached hydrogens (tertiary/aromatic N) is 1. The quantitative estimate of drug-likeness (QED) is 0.822. The first-order valence-electron chi connectivity index (χ1n) is 8.14. The maximum Gasteiger partial charge on any atom is 0.227 e. The van der Waals surface area contributed by atoms with Crippen LogP contribution in [0, 0.1) is 24.6 Å². The number of halogens is 1. The zero-order chi connectivity index (χ0) is 17.3. The minimum atomic E-state index is -0.486. The predicted octanol–water partition coefficient (Wildman–Crippen LogP) is 1.54. The van der Waals surface area contributed by atoms with Crippen LogP contribution in [-0.4, -0.2) is 36.1 Å². The lowest BCUT2D eigenvalue weighted by atomic mass is 10.1. The van der Waals surface area contributed by atoms with Crippen molar-refractivity contribution in [3.05, 3.63) is 41.7 Å². The van der Waals surface area contributed by atoms with Crippen molar-refractivity contribution in [3.63, 3.8) is 0 Å². The Hall–Kier alpha value is -2.21. The molecule has 0 spiro atoms. The summed E-state index contributed by atoms with van der Waals surface area (Å²) in [5.41, 5.74) is 1.01. The zero-order valence-electron chi connectivity index (χ0n) is 13.5. The van der Waals surface area contributed by atoms with Crippen molar-refractivity contribution in [2.75, 3.05) is 18.1 Å². The summed E-state index contributed by atoms with van der Waals surface area (Å²) in [7, 11) is 0. The molecule has 1 heterocycles. The lowest BCUT2D eigenvalue weighted by molar-refractivity contribution is -0.126. The Kier molecular flexibility index (Phi) is 4.66. The van der Waals surface area contributed by atoms with Crippen molar-refractivity contribution >= 4 is 17.5 Å². The number of rotatable bonds is 4. The highest BCUT2D eigenvalue weighted by atomic mass is 19.1. The van der Waals surface area contributed by atoms with Gasteiger partial charge in [-0.3, -0.25) is 9.59 Å². The van der Waals surface area contributed by atoms with Gasteiger partial charge < -0.3 is 15.3 Å². The number of anilines is 1. The lowest BCUT2D eigenvalue weighted by Crippen LogP contribution is -2.38. The van der Waals surface area contributed by atoms with Gasteiger partial charge in [-0.25, -0.2) is 4.39 Å². The van der Waals surface area contributed by atoms with Crippen LogP contribution in [0.25, 0.3) is 0 Å². The summed E-state index contributed by atoms with van der Waals surface area (Å²) in [6.45, 7) is 2.03. The Morgan fingerprint density at radius 2 is 2.21 bits per heavy atom. The van der Waals surface area contributed by atoms with E-state index in [4.69, 9.17) is 5.11 Å². The largest absolute Gasteiger partial charge is 0.396 e. The molecule has 1 fully saturated rings. The standard InChI is InChI=1S/C18H21FN2O3/c1-11-2-5-16(15(19)6-11)21-9-13(8-17(21)23)18(24)20-14-4-3-12(7-14)10-22/h2-6,12-14,22H,7-10H2,1H3,(H,20,24)/t12-,13?,14+/m0/s1. The first-order chi connectivity index (χ1) is 11.5. The Morgan fingerprint density at radius 3 is 2.88 bits per heavy atom. The molecular formula is C18H21FN2O3. The minimum Gasteiger partial charge on any atom is -0.396 e. The number of aliphatic hydroxyl groups excluding tert-OH is 1. The summed E-state index contributed by atoms with van der Waals surface area (Å²) in [6.07, 6.45) is 4.50. The Bertz CT molecular complexity index is 689. The summed E-state index contributed by atoms with van der Waals surface area (Å²) in [6, 6.07) is 4.59. The van der Waals surface area contributed by atoms with Crippen molar-refractivity contribution in [2.24, 2.45) is 11.8 Å². The third kappa shape index (κ3) is 3.33. The molecule has 24 heavy (non-hydrogen) atoms. The summed E-state index contributed by atoms with van der Waals surface area (Å²) in [4.78, 5) is 25.9. The molecule has 2 N–H and O–H groups in total. The zero-order valence-corrected chi connectivity index (χ0v) is 13.5. The molecule has 5 nitrogen and oxygen atoms in total. The van der Waals surface area contributed by atoms with E-state index in [0.29, 0.717) is 6.42 Å². The van der Waals surface area contributed by atoms with E-state index in [-0.39, 0.29) is 49.0 Å². The number of benzene rings is 1. The summed E-state index contributed by atoms with van der Waals surface area (Å²) < 4.78 is 14.1. The normalized spacial score (nSPS) is 26.2. The van der Waals surface area contributed by atoms with Crippen molar-refractivity contribution in [1.82, 2.24) is 5.32 Å². The van der Waals surface area contributed by atoms with E-state index < -0.39 is 11.7 Å². The molecule has 0 bridgehead atoms. The molecular weight excluding hydrogens is 311 g/mol. The second-order valence-corrected chi connectivity index (χ2v) is 6.54. The number of carbonyl (C=O) groups is 2. The van der Waals surface area contributed by atoms with E-state index in [1.165, 1.54) is 11.0 Å². The first-order valence-corrected chi connectivity index (χ1v) is 8.14. The predicted molar refractivity (Wildman–Crippen MR) is 87.9 cm³/mol. The third-order valence-corrected chi connectivity index (χ3v) is 4.62. The molecule has 0 radical (unpaired) electrons. The molecule has 0 aromatic heterocycles. The van der Waals surface area contributed by atoms with Gasteiger partial charge >= 0.3 is 0 Å². The van der Waals surface area contributed by atoms with E-state index in [1.54, 1.807) is 19.1 Å². The number of amides is 2. The maximum absolute atomic E-state index is 14.1. The first kappa shape index (κ1) is 16.6. The van der Waals surface area contributed by atoms with Crippen molar-refractivity contribution < 1.29 is 19.1 Å². The average molecular weight is 332 g/mol. The van der Waals surface area contributed by atoms with E-state index >= 15 is 0 Å². The second kappa shape index (κ2) is 6.73. The van der Waals surface area contributed by atoms with Crippen molar-refractivity contribution in [3.8, 4) is 0 Å². The average Bonchev–Trinajstić information content (AvgIpc) is 3.14. The fourth-order valence-corrected chi connectivity index (χ4v) is 3.26. The SMILES string of the molecule is Cc1ccc(N2CC(C(=O)N[C@@H]3C=C[C@H](CO)C3)CC2=O)c(F)c1. The van der Waals surface area contributed by atoms with Crippen LogP contribution in [0.5, 0.6) is 0 Å². The third-order valence-electron chi connectivity index (χ3n) is 4.62. The van der Waals surface area contributed by atoms with Gasteiger partial charge in [-0.15, -0.1) is 0 Å². The van der Waals surface area contributed by atoms with Gasteiger partial charge in [-0.1, -0.05) is 18.2 Å². The highest BCUT2D eigenvalue weighted by molar-refractivity contribution is 6.00. The van der Waals surface area contributed by atoms with E-state index in [1.807, 2.05) is 12.2 Å². The highest BCUT2D eigenvalue weighted by Crippen LogP contribution is 2.28. The molecule has 1 saturated heterocycles. The highest BCUT2D eigenvalue weighted by Gasteiger charge is 2.37. The monoisotopic (exact) mass is 332 g/mol. The fraction of sp³-hybridized carbons (Fsp3) is 0.444. The van der Waals surface area contributed by atoms with Gasteiger partial charge in [-0.2, -0.15) is 0 Å². The second-order valence-electron chi connectivity index (χ2n) is 6.54. The molecule has 3 atom stereocenters. The van der Waals surface area contributed by atoms with Crippen LogP contribution >= 0.6 is 0 Å². The van der Waals surface area contributed by atoms with Crippen LogP contribution in [0.1, 0.15) is 18.4 Å². The van der Waals surface area contributed by atoms with Crippen molar-refractivity contribution in [2.45, 2.75) is 25.8 Å². The molecule has 2 aliphatic rings. The van der Waals surface area contributed by atoms with E-state index in [2.05, 4.69) is 5.32 Å². The van der Waals surface area contributed by atoms with Gasteiger partial charge in [0.1, 0.15) is 5.82 Å². The Morgan fingerprint density at radius 1 is 1.42 bits per heavy atom. The molecule has 1 aromatic carbocycles. The molecule has 1 aliphatic heterocycles. The number of hydrogen-bond donors (Lipinski definition) is 2. The van der Waals surface area contributed by atoms with Crippen LogP contribution in [0.15, 0.2) is 30.4 Å². The fourth-order valence-electron chi connectivity index (χ4n) is 3.26. The number of carbonyl (C=O) groups excluding carboxylic acids is 2. The van der Waals surface area contributed by atoms with Gasteiger partial charge in [0.05, 0.1) is 11.6 Å². The Balaban J connectivity index is 1.64. The summed E-state index contributed by atoms with van der Waals surface area (Å²) in [5, 5.41) is 12.0. The molecule has 1 unspecified atom stereocenters. The number of nitrogens with one attached hydrogen (secondary N) is 1. The topological polar surface area (TPSA) is 69.6 Å². The van der Waals surface area contributed by atoms with Gasteiger partial charge in [0.15, 0.2) is 0 Å². The van der Waals surface area contributed by atoms with Gasteiger partial charge in [-0.05, 0) is 31.0 Å². The smallest absolute Gasteiger partial charge is 0.227 e. The minimum absolute atomic E-state index is 0.0608. The lowest BCUT2D eigenvalue weighted by Gasteiger charge is -2.19. The van der Waals surface area contributed by atoms with Crippen LogP contribution in [0.3, 0.4) is 0 Å². The van der Waals surface area contributed by atoms with Crippen LogP contribution in [0.2, 0.25) is 0 Å². The summed E-state index contributed by atoms with van der Waals surface area (Å²) >= 11 is 0. The molecule has 128 valence electrons. The van der Waals surface area contributed by atoms with Crippen LogP contribution in [-0.2, 0) is 9.59 Å². The van der Waals surface area contributed by atoms with Gasteiger partial charge in [0, 0.05) is 31.5 Å². The molecule has 2 amide bonds. The van der Waals surface area contributed by atoms with Crippen molar-refractivity contribution in [1.29, 1.82) is 0 Å². The van der Waals surface area contributed by atoms with Crippen LogP contribution in [0.4, 0.5) is 10.1 Å². The molecule has 3 rings (SSSR count). The van der Waals surface area contributed by atoms with Gasteiger partial charge in [0.25, 0.3) is 0 Å². The maximum atomic E-state index is 14.1. The number of hydrogen-bond acceptors (Lipinski definition) is 3. The van der Waals surface area contributed by atoms with Crippen LogP contribution < -0.4 is 10.2 Å². The summed E-state index contributed by atoms with van der Waals surface area (Å²) in [5.74, 6) is -1.31. The molecule has 1 aromatic rings. The Labute approximate surface area is 140 Å². The molecule has 1 aliphatic carbocycles. The molecule has 6 heteroatoms. The number of aryl methyl sites for hydroxylation is 1. The van der Waals surface area contributed by atoms with E-state index in [9.17, 15) is 14.0 Å². The van der Waals surface area contributed by atoms with Gasteiger partial charge in [0.2, 0.25) is 11.8 Å². The molecule has 0 saturated carbocycles.